The molecule has 18 heavy (non-hydrogen) atoms. The summed E-state index contributed by atoms with van der Waals surface area (Å²) in [5.74, 6) is 0.493. The Morgan fingerprint density at radius 1 is 1.44 bits per heavy atom. The number of rotatable bonds is 5. The zero-order chi connectivity index (χ0) is 13.4. The number of ether oxygens (including phenoxy) is 2. The Bertz CT molecular complexity index is 389. The Kier molecular flexibility index (Phi) is 4.02. The highest BCUT2D eigenvalue weighted by Gasteiger charge is 2.46. The van der Waals surface area contributed by atoms with Gasteiger partial charge in [0, 0.05) is 32.2 Å². The van der Waals surface area contributed by atoms with Crippen LogP contribution in [0.25, 0.3) is 0 Å². The van der Waals surface area contributed by atoms with Gasteiger partial charge in [0.1, 0.15) is 5.60 Å². The zero-order valence-corrected chi connectivity index (χ0v) is 12.2. The standard InChI is InChI=1S/C12H23NO4S/c1-4-17-12(5-6-16-8-12)9-18(14,15)13-7-10(2)11(13)3/h10-11H,4-9H2,1-3H3. The second-order valence-corrected chi connectivity index (χ2v) is 7.38. The van der Waals surface area contributed by atoms with Crippen molar-refractivity contribution < 1.29 is 17.9 Å². The predicted octanol–water partition coefficient (Wildman–Crippen LogP) is 0.852. The first kappa shape index (κ1) is 14.2. The van der Waals surface area contributed by atoms with Crippen LogP contribution in [0.15, 0.2) is 0 Å². The minimum atomic E-state index is -3.24. The van der Waals surface area contributed by atoms with Crippen molar-refractivity contribution in [3.05, 3.63) is 0 Å². The Morgan fingerprint density at radius 2 is 2.17 bits per heavy atom. The van der Waals surface area contributed by atoms with Crippen molar-refractivity contribution in [1.29, 1.82) is 0 Å². The molecule has 0 spiro atoms. The second-order valence-electron chi connectivity index (χ2n) is 5.46. The Labute approximate surface area is 109 Å². The predicted molar refractivity (Wildman–Crippen MR) is 68.9 cm³/mol. The third kappa shape index (κ3) is 2.57. The Morgan fingerprint density at radius 3 is 2.61 bits per heavy atom. The summed E-state index contributed by atoms with van der Waals surface area (Å²) in [6.07, 6.45) is 0.665. The van der Waals surface area contributed by atoms with Gasteiger partial charge >= 0.3 is 0 Å². The monoisotopic (exact) mass is 277 g/mol. The molecule has 0 aromatic carbocycles. The van der Waals surface area contributed by atoms with E-state index in [0.29, 0.717) is 38.7 Å². The van der Waals surface area contributed by atoms with Crippen LogP contribution >= 0.6 is 0 Å². The number of hydrogen-bond acceptors (Lipinski definition) is 4. The first-order valence-electron chi connectivity index (χ1n) is 6.61. The molecular weight excluding hydrogens is 254 g/mol. The van der Waals surface area contributed by atoms with Gasteiger partial charge in [-0.15, -0.1) is 0 Å². The second kappa shape index (κ2) is 5.07. The van der Waals surface area contributed by atoms with Crippen molar-refractivity contribution >= 4 is 10.0 Å². The minimum Gasteiger partial charge on any atom is -0.378 e. The van der Waals surface area contributed by atoms with Crippen molar-refractivity contribution in [3.8, 4) is 0 Å². The van der Waals surface area contributed by atoms with Gasteiger partial charge in [0.25, 0.3) is 0 Å². The molecule has 2 aliphatic rings. The normalized spacial score (nSPS) is 37.7. The molecule has 0 saturated carbocycles. The molecule has 0 bridgehead atoms. The summed E-state index contributed by atoms with van der Waals surface area (Å²) in [5, 5.41) is 0. The maximum atomic E-state index is 12.4. The van der Waals surface area contributed by atoms with E-state index in [0.717, 1.165) is 0 Å². The van der Waals surface area contributed by atoms with Crippen LogP contribution in [0.1, 0.15) is 27.2 Å². The number of hydrogen-bond donors (Lipinski definition) is 0. The summed E-state index contributed by atoms with van der Waals surface area (Å²) < 4.78 is 37.4. The molecule has 0 N–H and O–H groups in total. The van der Waals surface area contributed by atoms with Crippen molar-refractivity contribution in [1.82, 2.24) is 4.31 Å². The van der Waals surface area contributed by atoms with Gasteiger partial charge in [0.05, 0.1) is 12.4 Å². The summed E-state index contributed by atoms with van der Waals surface area (Å²) >= 11 is 0. The minimum absolute atomic E-state index is 0.0465. The van der Waals surface area contributed by atoms with Crippen LogP contribution in [0, 0.1) is 5.92 Å². The lowest BCUT2D eigenvalue weighted by atomic mass is 9.96. The van der Waals surface area contributed by atoms with Gasteiger partial charge in [0.15, 0.2) is 0 Å². The lowest BCUT2D eigenvalue weighted by molar-refractivity contribution is -0.0282. The molecule has 2 aliphatic heterocycles. The molecule has 0 radical (unpaired) electrons. The van der Waals surface area contributed by atoms with Gasteiger partial charge in [-0.05, 0) is 19.8 Å². The zero-order valence-electron chi connectivity index (χ0n) is 11.4. The molecule has 3 unspecified atom stereocenters. The average Bonchev–Trinajstić information content (AvgIpc) is 2.73. The van der Waals surface area contributed by atoms with E-state index in [9.17, 15) is 8.42 Å². The molecule has 0 amide bonds. The fourth-order valence-corrected chi connectivity index (χ4v) is 5.01. The van der Waals surface area contributed by atoms with Gasteiger partial charge in [-0.1, -0.05) is 6.92 Å². The van der Waals surface area contributed by atoms with Gasteiger partial charge in [-0.25, -0.2) is 8.42 Å². The molecule has 0 aromatic heterocycles. The van der Waals surface area contributed by atoms with E-state index in [4.69, 9.17) is 9.47 Å². The topological polar surface area (TPSA) is 55.8 Å². The summed E-state index contributed by atoms with van der Waals surface area (Å²) in [6, 6.07) is 0.107. The molecule has 6 heteroatoms. The molecular formula is C12H23NO4S. The summed E-state index contributed by atoms with van der Waals surface area (Å²) in [6.45, 7) is 8.05. The lowest BCUT2D eigenvalue weighted by Crippen LogP contribution is -2.58. The summed E-state index contributed by atoms with van der Waals surface area (Å²) in [5.41, 5.74) is -0.633. The molecule has 3 atom stereocenters. The first-order valence-corrected chi connectivity index (χ1v) is 8.22. The fourth-order valence-electron chi connectivity index (χ4n) is 2.69. The molecule has 0 aliphatic carbocycles. The third-order valence-corrected chi connectivity index (χ3v) is 6.15. The van der Waals surface area contributed by atoms with Crippen LogP contribution in [-0.2, 0) is 19.5 Å². The maximum absolute atomic E-state index is 12.4. The van der Waals surface area contributed by atoms with E-state index in [1.807, 2.05) is 13.8 Å². The third-order valence-electron chi connectivity index (χ3n) is 4.07. The first-order chi connectivity index (χ1) is 8.40. The maximum Gasteiger partial charge on any atom is 0.217 e. The highest BCUT2D eigenvalue weighted by Crippen LogP contribution is 2.32. The number of sulfonamides is 1. The van der Waals surface area contributed by atoms with E-state index >= 15 is 0 Å². The van der Waals surface area contributed by atoms with Crippen molar-refractivity contribution in [2.24, 2.45) is 5.92 Å². The van der Waals surface area contributed by atoms with Crippen molar-refractivity contribution in [3.63, 3.8) is 0 Å². The summed E-state index contributed by atoms with van der Waals surface area (Å²) in [7, 11) is -3.24. The highest BCUT2D eigenvalue weighted by atomic mass is 32.2. The molecule has 0 aromatic rings. The average molecular weight is 277 g/mol. The van der Waals surface area contributed by atoms with Crippen LogP contribution < -0.4 is 0 Å². The van der Waals surface area contributed by atoms with E-state index in [-0.39, 0.29) is 11.8 Å². The SMILES string of the molecule is CCOC1(CS(=O)(=O)N2CC(C)C2C)CCOC1. The summed E-state index contributed by atoms with van der Waals surface area (Å²) in [4.78, 5) is 0. The van der Waals surface area contributed by atoms with Gasteiger partial charge in [-0.3, -0.25) is 0 Å². The van der Waals surface area contributed by atoms with E-state index in [1.54, 1.807) is 4.31 Å². The highest BCUT2D eigenvalue weighted by molar-refractivity contribution is 7.89. The van der Waals surface area contributed by atoms with Crippen LogP contribution in [0.4, 0.5) is 0 Å². The van der Waals surface area contributed by atoms with E-state index < -0.39 is 15.6 Å². The fraction of sp³-hybridized carbons (Fsp3) is 1.00. The van der Waals surface area contributed by atoms with Gasteiger partial charge in [0.2, 0.25) is 10.0 Å². The Hall–Kier alpha value is -0.170. The van der Waals surface area contributed by atoms with Crippen LogP contribution in [0.2, 0.25) is 0 Å². The molecule has 5 nitrogen and oxygen atoms in total. The van der Waals surface area contributed by atoms with Crippen LogP contribution in [0.3, 0.4) is 0 Å². The smallest absolute Gasteiger partial charge is 0.217 e. The molecule has 2 rings (SSSR count). The van der Waals surface area contributed by atoms with E-state index in [2.05, 4.69) is 6.92 Å². The van der Waals surface area contributed by atoms with Gasteiger partial charge in [-0.2, -0.15) is 4.31 Å². The van der Waals surface area contributed by atoms with Crippen molar-refractivity contribution in [2.45, 2.75) is 38.8 Å². The molecule has 2 heterocycles. The van der Waals surface area contributed by atoms with Crippen LogP contribution in [0.5, 0.6) is 0 Å². The quantitative estimate of drug-likeness (QED) is 0.747. The largest absolute Gasteiger partial charge is 0.378 e. The van der Waals surface area contributed by atoms with Gasteiger partial charge < -0.3 is 9.47 Å². The number of nitrogens with zero attached hydrogens (tertiary/aromatic N) is 1. The molecule has 2 fully saturated rings. The van der Waals surface area contributed by atoms with Crippen LogP contribution in [-0.4, -0.2) is 56.5 Å². The Balaban J connectivity index is 2.07. The van der Waals surface area contributed by atoms with E-state index in [1.165, 1.54) is 0 Å². The lowest BCUT2D eigenvalue weighted by Gasteiger charge is -2.44. The molecule has 2 saturated heterocycles. The van der Waals surface area contributed by atoms with Crippen molar-refractivity contribution in [2.75, 3.05) is 32.1 Å². The molecule has 106 valence electrons.